The predicted octanol–water partition coefficient (Wildman–Crippen LogP) is 3.47. The summed E-state index contributed by atoms with van der Waals surface area (Å²) in [7, 11) is -1.66. The Hall–Kier alpha value is -2.40. The minimum Gasteiger partial charge on any atom is -0.379 e. The Morgan fingerprint density at radius 2 is 1.85 bits per heavy atom. The highest BCUT2D eigenvalue weighted by Gasteiger charge is 2.30. The van der Waals surface area contributed by atoms with Crippen LogP contribution in [0.2, 0.25) is 0 Å². The van der Waals surface area contributed by atoms with Crippen LogP contribution in [0.4, 0.5) is 0 Å². The standard InChI is InChI=1S/C30H45N5O3S/c1-6-27(23-34(20-22-38-21-15-31-7-2)24-28-11-10-14-32-25(28)3)30-13-9-8-12-29(30)26(4)39(36,37)35-18-16-33(5)17-19-35/h6,8-14,31H,4,7,15-24H2,1-3,5H3/b27-6-. The zero-order valence-electron chi connectivity index (χ0n) is 24.0. The van der Waals surface area contributed by atoms with Gasteiger partial charge in [0.05, 0.1) is 18.1 Å². The van der Waals surface area contributed by atoms with E-state index < -0.39 is 10.0 Å². The van der Waals surface area contributed by atoms with Crippen molar-refractivity contribution in [3.8, 4) is 0 Å². The molecule has 0 saturated carbocycles. The van der Waals surface area contributed by atoms with Crippen LogP contribution in [0.5, 0.6) is 0 Å². The number of aromatic nitrogens is 1. The van der Waals surface area contributed by atoms with Gasteiger partial charge in [-0.2, -0.15) is 4.31 Å². The Morgan fingerprint density at radius 1 is 1.13 bits per heavy atom. The third kappa shape index (κ3) is 8.79. The molecule has 1 saturated heterocycles. The number of pyridine rings is 1. The van der Waals surface area contributed by atoms with Crippen LogP contribution >= 0.6 is 0 Å². The number of hydrogen-bond acceptors (Lipinski definition) is 7. The lowest BCUT2D eigenvalue weighted by Gasteiger charge is -2.32. The van der Waals surface area contributed by atoms with E-state index >= 15 is 0 Å². The van der Waals surface area contributed by atoms with E-state index in [0.717, 1.165) is 48.6 Å². The zero-order valence-corrected chi connectivity index (χ0v) is 24.8. The Morgan fingerprint density at radius 3 is 2.51 bits per heavy atom. The molecule has 2 aromatic rings. The number of sulfonamides is 1. The molecule has 214 valence electrons. The molecule has 1 fully saturated rings. The molecule has 9 heteroatoms. The lowest BCUT2D eigenvalue weighted by atomic mass is 9.98. The SMILES string of the molecule is C=C(c1ccccc1/C(=C\C)CN(CCOCCNCC)Cc1cccnc1C)S(=O)(=O)N1CCN(C)CC1. The minimum atomic E-state index is -3.67. The van der Waals surface area contributed by atoms with E-state index in [9.17, 15) is 8.42 Å². The first-order valence-corrected chi connectivity index (χ1v) is 15.3. The van der Waals surface area contributed by atoms with Crippen LogP contribution < -0.4 is 5.32 Å². The number of hydrogen-bond donors (Lipinski definition) is 1. The number of ether oxygens (including phenoxy) is 1. The third-order valence-corrected chi connectivity index (χ3v) is 9.05. The molecule has 1 aromatic carbocycles. The van der Waals surface area contributed by atoms with Crippen molar-refractivity contribution in [1.82, 2.24) is 24.4 Å². The third-order valence-electron chi connectivity index (χ3n) is 7.16. The average Bonchev–Trinajstić information content (AvgIpc) is 2.94. The monoisotopic (exact) mass is 555 g/mol. The van der Waals surface area contributed by atoms with Crippen LogP contribution in [0.3, 0.4) is 0 Å². The van der Waals surface area contributed by atoms with Crippen molar-refractivity contribution in [2.75, 3.05) is 72.6 Å². The van der Waals surface area contributed by atoms with Crippen LogP contribution in [0.15, 0.2) is 55.3 Å². The minimum absolute atomic E-state index is 0.156. The fourth-order valence-electron chi connectivity index (χ4n) is 4.66. The lowest BCUT2D eigenvalue weighted by Crippen LogP contribution is -2.47. The molecule has 0 radical (unpaired) electrons. The Kier molecular flexibility index (Phi) is 12.3. The van der Waals surface area contributed by atoms with Gasteiger partial charge in [-0.25, -0.2) is 8.42 Å². The predicted molar refractivity (Wildman–Crippen MR) is 161 cm³/mol. The van der Waals surface area contributed by atoms with Crippen molar-refractivity contribution in [2.24, 2.45) is 0 Å². The maximum absolute atomic E-state index is 13.6. The number of piperazine rings is 1. The normalized spacial score (nSPS) is 15.7. The van der Waals surface area contributed by atoms with Crippen molar-refractivity contribution < 1.29 is 13.2 Å². The molecule has 0 amide bonds. The molecule has 3 rings (SSSR count). The number of allylic oxidation sites excluding steroid dienone is 1. The Labute approximate surface area is 235 Å². The van der Waals surface area contributed by atoms with Crippen molar-refractivity contribution in [3.63, 3.8) is 0 Å². The van der Waals surface area contributed by atoms with E-state index in [-0.39, 0.29) is 4.91 Å². The van der Waals surface area contributed by atoms with Gasteiger partial charge in [0.15, 0.2) is 0 Å². The fourth-order valence-corrected chi connectivity index (χ4v) is 6.07. The number of aryl methyl sites for hydroxylation is 1. The number of rotatable bonds is 15. The number of likely N-dealkylation sites (N-methyl/N-ethyl adjacent to an activating group) is 2. The van der Waals surface area contributed by atoms with Gasteiger partial charge in [0.1, 0.15) is 0 Å². The van der Waals surface area contributed by atoms with Crippen LogP contribution in [0.25, 0.3) is 10.5 Å². The zero-order chi connectivity index (χ0) is 28.3. The molecule has 2 heterocycles. The maximum Gasteiger partial charge on any atom is 0.243 e. The van der Waals surface area contributed by atoms with E-state index in [4.69, 9.17) is 4.74 Å². The Balaban J connectivity index is 1.81. The highest BCUT2D eigenvalue weighted by molar-refractivity contribution is 7.98. The molecule has 0 atom stereocenters. The summed E-state index contributed by atoms with van der Waals surface area (Å²) in [6.45, 7) is 17.7. The number of nitrogens with zero attached hydrogens (tertiary/aromatic N) is 4. The van der Waals surface area contributed by atoms with Gasteiger partial charge in [-0.1, -0.05) is 49.9 Å². The van der Waals surface area contributed by atoms with Gasteiger partial charge in [-0.15, -0.1) is 0 Å². The smallest absolute Gasteiger partial charge is 0.243 e. The summed E-state index contributed by atoms with van der Waals surface area (Å²) in [5, 5.41) is 3.28. The highest BCUT2D eigenvalue weighted by Crippen LogP contribution is 2.31. The molecule has 0 unspecified atom stereocenters. The second-order valence-electron chi connectivity index (χ2n) is 9.91. The molecule has 1 N–H and O–H groups in total. The van der Waals surface area contributed by atoms with E-state index in [1.54, 1.807) is 4.31 Å². The number of benzene rings is 1. The van der Waals surface area contributed by atoms with Crippen LogP contribution in [-0.4, -0.2) is 100 Å². The second-order valence-corrected chi connectivity index (χ2v) is 11.9. The summed E-state index contributed by atoms with van der Waals surface area (Å²) < 4.78 is 34.6. The molecule has 39 heavy (non-hydrogen) atoms. The second kappa shape index (κ2) is 15.4. The maximum atomic E-state index is 13.6. The van der Waals surface area contributed by atoms with Crippen LogP contribution in [0.1, 0.15) is 36.2 Å². The highest BCUT2D eigenvalue weighted by atomic mass is 32.2. The van der Waals surface area contributed by atoms with Crippen molar-refractivity contribution in [2.45, 2.75) is 27.3 Å². The van der Waals surface area contributed by atoms with Crippen molar-refractivity contribution in [1.29, 1.82) is 0 Å². The van der Waals surface area contributed by atoms with Gasteiger partial charge < -0.3 is 15.0 Å². The molecule has 0 bridgehead atoms. The molecular formula is C30H45N5O3S. The summed E-state index contributed by atoms with van der Waals surface area (Å²) in [5.74, 6) is 0. The largest absolute Gasteiger partial charge is 0.379 e. The van der Waals surface area contributed by atoms with E-state index in [1.807, 2.05) is 57.4 Å². The van der Waals surface area contributed by atoms with E-state index in [1.165, 1.54) is 0 Å². The molecule has 0 spiro atoms. The van der Waals surface area contributed by atoms with Crippen LogP contribution in [-0.2, 0) is 21.3 Å². The van der Waals surface area contributed by atoms with Gasteiger partial charge in [-0.3, -0.25) is 9.88 Å². The van der Waals surface area contributed by atoms with Gasteiger partial charge in [-0.05, 0) is 50.2 Å². The Bertz CT molecular complexity index is 1210. The topological polar surface area (TPSA) is 78.0 Å². The summed E-state index contributed by atoms with van der Waals surface area (Å²) in [5.41, 5.74) is 4.77. The number of nitrogens with one attached hydrogen (secondary N) is 1. The summed E-state index contributed by atoms with van der Waals surface area (Å²) >= 11 is 0. The van der Waals surface area contributed by atoms with Gasteiger partial charge in [0.2, 0.25) is 10.0 Å². The summed E-state index contributed by atoms with van der Waals surface area (Å²) in [4.78, 5) is 9.10. The van der Waals surface area contributed by atoms with E-state index in [2.05, 4.69) is 45.7 Å². The molecular weight excluding hydrogens is 510 g/mol. The lowest BCUT2D eigenvalue weighted by molar-refractivity contribution is 0.107. The van der Waals surface area contributed by atoms with Gasteiger partial charge in [0.25, 0.3) is 0 Å². The molecule has 0 aliphatic carbocycles. The molecule has 1 aliphatic rings. The first kappa shape index (κ1) is 31.1. The van der Waals surface area contributed by atoms with Crippen molar-refractivity contribution in [3.05, 3.63) is 77.6 Å². The fraction of sp³-hybridized carbons (Fsp3) is 0.500. The van der Waals surface area contributed by atoms with Crippen molar-refractivity contribution >= 4 is 20.5 Å². The van der Waals surface area contributed by atoms with E-state index in [0.29, 0.717) is 51.5 Å². The van der Waals surface area contributed by atoms with Gasteiger partial charge >= 0.3 is 0 Å². The van der Waals surface area contributed by atoms with Gasteiger partial charge in [0, 0.05) is 69.8 Å². The molecule has 1 aliphatic heterocycles. The quantitative estimate of drug-likeness (QED) is 0.337. The van der Waals surface area contributed by atoms with Crippen LogP contribution in [0, 0.1) is 6.92 Å². The first-order chi connectivity index (χ1) is 18.8. The average molecular weight is 556 g/mol. The molecule has 1 aromatic heterocycles. The summed E-state index contributed by atoms with van der Waals surface area (Å²) in [6, 6.07) is 11.8. The summed E-state index contributed by atoms with van der Waals surface area (Å²) in [6.07, 6.45) is 3.89. The first-order valence-electron chi connectivity index (χ1n) is 13.8. The molecule has 8 nitrogen and oxygen atoms in total.